The molecule has 1 aromatic rings. The van der Waals surface area contributed by atoms with Gasteiger partial charge in [0.1, 0.15) is 0 Å². The highest BCUT2D eigenvalue weighted by Gasteiger charge is 2.26. The second-order valence-electron chi connectivity index (χ2n) is 2.31. The summed E-state index contributed by atoms with van der Waals surface area (Å²) in [6.07, 6.45) is 0.918. The van der Waals surface area contributed by atoms with E-state index in [2.05, 4.69) is 9.68 Å². The van der Waals surface area contributed by atoms with Gasteiger partial charge in [0.25, 0.3) is 5.56 Å². The second kappa shape index (κ2) is 2.55. The molecule has 2 bridgehead atoms. The first-order valence-corrected chi connectivity index (χ1v) is 3.39. The van der Waals surface area contributed by atoms with Crippen LogP contribution in [0.4, 0.5) is 0 Å². The van der Waals surface area contributed by atoms with Crippen molar-refractivity contribution in [1.29, 1.82) is 0 Å². The summed E-state index contributed by atoms with van der Waals surface area (Å²) < 4.78 is 0.557. The molecule has 2 rings (SSSR count). The van der Waals surface area contributed by atoms with Crippen LogP contribution in [0.5, 0.6) is 0 Å². The number of carbonyl (C=O) groups excluding carboxylic acids is 2. The molecule has 8 heteroatoms. The molecular weight excluding hydrogens is 196 g/mol. The minimum Gasteiger partial charge on any atom is -0.321 e. The van der Waals surface area contributed by atoms with E-state index in [1.54, 1.807) is 0 Å². The Bertz CT molecular complexity index is 538. The predicted molar refractivity (Wildman–Crippen MR) is 38.1 cm³/mol. The maximum Gasteiger partial charge on any atom is 0.444 e. The molecule has 0 spiro atoms. The van der Waals surface area contributed by atoms with Gasteiger partial charge >= 0.3 is 17.6 Å². The summed E-state index contributed by atoms with van der Waals surface area (Å²) in [6.45, 7) is 0. The van der Waals surface area contributed by atoms with Gasteiger partial charge in [0, 0.05) is 6.07 Å². The van der Waals surface area contributed by atoms with Crippen molar-refractivity contribution in [2.24, 2.45) is 0 Å². The molecule has 1 aromatic heterocycles. The van der Waals surface area contributed by atoms with Crippen molar-refractivity contribution in [2.75, 3.05) is 0 Å². The van der Waals surface area contributed by atoms with Crippen LogP contribution in [-0.4, -0.2) is 21.4 Å². The smallest absolute Gasteiger partial charge is 0.321 e. The third-order valence-corrected chi connectivity index (χ3v) is 1.44. The van der Waals surface area contributed by atoms with Gasteiger partial charge in [-0.15, -0.1) is 4.73 Å². The van der Waals surface area contributed by atoms with Gasteiger partial charge < -0.3 is 9.68 Å². The van der Waals surface area contributed by atoms with Crippen molar-refractivity contribution >= 4 is 11.9 Å². The number of nitrogens with zero attached hydrogens (tertiary/aromatic N) is 2. The molecule has 1 aliphatic heterocycles. The lowest BCUT2D eigenvalue weighted by Crippen LogP contribution is -2.42. The van der Waals surface area contributed by atoms with Gasteiger partial charge in [-0.25, -0.2) is 14.4 Å². The van der Waals surface area contributed by atoms with Crippen molar-refractivity contribution in [3.8, 4) is 0 Å². The van der Waals surface area contributed by atoms with Gasteiger partial charge in [0.05, 0.1) is 6.20 Å². The lowest BCUT2D eigenvalue weighted by molar-refractivity contribution is -0.165. The fourth-order valence-corrected chi connectivity index (χ4v) is 0.847. The largest absolute Gasteiger partial charge is 0.444 e. The molecule has 0 amide bonds. The summed E-state index contributed by atoms with van der Waals surface area (Å²) in [5.74, 6) is -2.81. The third kappa shape index (κ3) is 1.01. The van der Waals surface area contributed by atoms with Gasteiger partial charge in [-0.3, -0.25) is 4.79 Å². The van der Waals surface area contributed by atoms with Crippen LogP contribution >= 0.6 is 0 Å². The summed E-state index contributed by atoms with van der Waals surface area (Å²) in [6, 6.07) is 0.910. The van der Waals surface area contributed by atoms with E-state index in [4.69, 9.17) is 0 Å². The highest BCUT2D eigenvalue weighted by molar-refractivity contribution is 6.30. The van der Waals surface area contributed by atoms with Gasteiger partial charge in [-0.05, 0) is 0 Å². The highest BCUT2D eigenvalue weighted by Crippen LogP contribution is 1.82. The zero-order chi connectivity index (χ0) is 10.3. The third-order valence-electron chi connectivity index (χ3n) is 1.44. The fraction of sp³-hybridized carbons (Fsp3) is 0. The Kier molecular flexibility index (Phi) is 1.50. The minimum atomic E-state index is -1.43. The molecule has 0 aliphatic carbocycles. The Morgan fingerprint density at radius 2 is 1.64 bits per heavy atom. The van der Waals surface area contributed by atoms with Crippen LogP contribution in [0.25, 0.3) is 0 Å². The fourth-order valence-electron chi connectivity index (χ4n) is 0.847. The predicted octanol–water partition coefficient (Wildman–Crippen LogP) is -3.07. The lowest BCUT2D eigenvalue weighted by atomic mass is 10.7. The minimum absolute atomic E-state index is 0.132. The summed E-state index contributed by atoms with van der Waals surface area (Å²) >= 11 is 0. The second-order valence-corrected chi connectivity index (χ2v) is 2.31. The van der Waals surface area contributed by atoms with Crippen LogP contribution in [-0.2, 0) is 9.59 Å². The summed E-state index contributed by atoms with van der Waals surface area (Å²) in [4.78, 5) is 52.0. The van der Waals surface area contributed by atoms with Crippen molar-refractivity contribution in [3.63, 3.8) is 0 Å². The highest BCUT2D eigenvalue weighted by atomic mass is 16.8. The van der Waals surface area contributed by atoms with E-state index in [0.29, 0.717) is 4.73 Å². The quantitative estimate of drug-likeness (QED) is 0.410. The number of rotatable bonds is 0. The first kappa shape index (κ1) is 8.23. The number of aromatic nitrogens is 2. The molecule has 1 aliphatic rings. The van der Waals surface area contributed by atoms with E-state index >= 15 is 0 Å². The van der Waals surface area contributed by atoms with Gasteiger partial charge in [-0.2, -0.15) is 0 Å². The average molecular weight is 198 g/mol. The molecule has 14 heavy (non-hydrogen) atoms. The maximum absolute atomic E-state index is 11.2. The van der Waals surface area contributed by atoms with E-state index < -0.39 is 23.2 Å². The molecule has 72 valence electrons. The number of hydrogen-bond acceptors (Lipinski definition) is 6. The summed E-state index contributed by atoms with van der Waals surface area (Å²) in [5.41, 5.74) is -1.92. The monoisotopic (exact) mass is 198 g/mol. The number of fused-ring (bicyclic) bond motifs is 2. The van der Waals surface area contributed by atoms with Gasteiger partial charge in [0.15, 0.2) is 0 Å². The van der Waals surface area contributed by atoms with Crippen molar-refractivity contribution < 1.29 is 19.3 Å². The van der Waals surface area contributed by atoms with Crippen LogP contribution in [0.3, 0.4) is 0 Å². The van der Waals surface area contributed by atoms with E-state index in [-0.39, 0.29) is 4.73 Å². The molecule has 0 atom stereocenters. The Balaban J connectivity index is 2.76. The van der Waals surface area contributed by atoms with Crippen LogP contribution in [0.2, 0.25) is 0 Å². The molecule has 0 aromatic carbocycles. The number of carbonyl (C=O) groups is 2. The standard InChI is InChI=1S/C6H2N2O6/c9-3-1-2-7-6(12)8(3)14-5(11)4(10)13-7/h1-2H. The average Bonchev–Trinajstić information content (AvgIpc) is 2.21. The normalized spacial score (nSPS) is 14.3. The first-order valence-electron chi connectivity index (χ1n) is 3.39. The Morgan fingerprint density at radius 1 is 1.00 bits per heavy atom. The zero-order valence-corrected chi connectivity index (χ0v) is 6.50. The van der Waals surface area contributed by atoms with E-state index in [9.17, 15) is 19.2 Å². The Labute approximate surface area is 74.8 Å². The topological polar surface area (TPSA) is 96.6 Å². The zero-order valence-electron chi connectivity index (χ0n) is 6.50. The van der Waals surface area contributed by atoms with Crippen LogP contribution in [0, 0.1) is 0 Å². The van der Waals surface area contributed by atoms with E-state index in [1.165, 1.54) is 0 Å². The van der Waals surface area contributed by atoms with Crippen molar-refractivity contribution in [1.82, 2.24) is 9.46 Å². The van der Waals surface area contributed by atoms with Gasteiger partial charge in [0.2, 0.25) is 0 Å². The van der Waals surface area contributed by atoms with Crippen LogP contribution in [0.15, 0.2) is 21.9 Å². The Hall–Kier alpha value is -2.38. The summed E-state index contributed by atoms with van der Waals surface area (Å²) in [5, 5.41) is 0. The molecule has 0 fully saturated rings. The van der Waals surface area contributed by atoms with Gasteiger partial charge in [-0.1, -0.05) is 4.73 Å². The molecule has 8 nitrogen and oxygen atoms in total. The van der Waals surface area contributed by atoms with E-state index in [1.807, 2.05) is 0 Å². The molecule has 0 unspecified atom stereocenters. The molecule has 0 saturated carbocycles. The van der Waals surface area contributed by atoms with E-state index in [0.717, 1.165) is 12.3 Å². The molecule has 0 N–H and O–H groups in total. The van der Waals surface area contributed by atoms with Crippen molar-refractivity contribution in [2.45, 2.75) is 0 Å². The Morgan fingerprint density at radius 3 is 2.36 bits per heavy atom. The molecule has 0 saturated heterocycles. The van der Waals surface area contributed by atoms with Crippen LogP contribution < -0.4 is 20.9 Å². The number of hydrogen-bond donors (Lipinski definition) is 0. The first-order chi connectivity index (χ1) is 6.59. The SMILES string of the molecule is O=C1On2ccc(=O)n(c2=O)OC1=O. The molecular formula is C6H2N2O6. The molecule has 2 heterocycles. The van der Waals surface area contributed by atoms with Crippen molar-refractivity contribution in [3.05, 3.63) is 33.1 Å². The maximum atomic E-state index is 11.2. The molecule has 0 radical (unpaired) electrons. The lowest BCUT2D eigenvalue weighted by Gasteiger charge is -1.98. The van der Waals surface area contributed by atoms with Crippen LogP contribution in [0.1, 0.15) is 0 Å². The summed E-state index contributed by atoms with van der Waals surface area (Å²) in [7, 11) is 0.